The maximum atomic E-state index is 5.85. The summed E-state index contributed by atoms with van der Waals surface area (Å²) in [5, 5.41) is 0. The summed E-state index contributed by atoms with van der Waals surface area (Å²) in [5.41, 5.74) is 8.33. The minimum absolute atomic E-state index is 0.0299. The predicted octanol–water partition coefficient (Wildman–Crippen LogP) is 0.990. The van der Waals surface area contributed by atoms with Crippen LogP contribution in [-0.4, -0.2) is 6.26 Å². The second-order valence-corrected chi connectivity index (χ2v) is 7.68. The summed E-state index contributed by atoms with van der Waals surface area (Å²) in [6.45, 7) is 8.05. The summed E-state index contributed by atoms with van der Waals surface area (Å²) >= 11 is 1.78. The molecule has 0 heterocycles. The van der Waals surface area contributed by atoms with Crippen molar-refractivity contribution in [3.05, 3.63) is 49.6 Å². The van der Waals surface area contributed by atoms with E-state index in [0.29, 0.717) is 0 Å². The predicted molar refractivity (Wildman–Crippen MR) is 75.4 cm³/mol. The van der Waals surface area contributed by atoms with Crippen LogP contribution in [0, 0.1) is 0 Å². The molecule has 1 aromatic carbocycles. The van der Waals surface area contributed by atoms with Crippen LogP contribution < -0.4 is 26.9 Å². The van der Waals surface area contributed by atoms with Crippen LogP contribution in [0.25, 0.3) is 4.91 Å². The Balaban J connectivity index is 3.05. The van der Waals surface area contributed by atoms with Gasteiger partial charge in [-0.3, -0.25) is 0 Å². The van der Waals surface area contributed by atoms with Gasteiger partial charge in [-0.1, -0.05) is 0 Å². The molecule has 0 radical (unpaired) electrons. The molecule has 1 atom stereocenters. The Kier molecular flexibility index (Phi) is 6.30. The van der Waals surface area contributed by atoms with E-state index < -0.39 is 0 Å². The summed E-state index contributed by atoms with van der Waals surface area (Å²) in [5.74, 6) is 0. The minimum atomic E-state index is -0.0299. The molecular weight excluding hydrogens is 341 g/mol. The topological polar surface area (TPSA) is 26.0 Å². The van der Waals surface area contributed by atoms with Crippen LogP contribution >= 0.6 is 11.8 Å². The van der Waals surface area contributed by atoms with E-state index in [2.05, 4.69) is 48.1 Å². The standard InChI is InChI=1S/C14H19INS/c1-5-15-10(2)14(17-4)13-8-6-12(7-9-13)11(3)16/h5-9,11H,1,16H2,2-4H3/q-1/b14-10-/t11-/m0/s1. The molecule has 0 aliphatic heterocycles. The molecule has 94 valence electrons. The third-order valence-electron chi connectivity index (χ3n) is 2.46. The van der Waals surface area contributed by atoms with Crippen molar-refractivity contribution < 1.29 is 21.2 Å². The zero-order chi connectivity index (χ0) is 12.8. The molecule has 1 rings (SSSR count). The number of hydrogen-bond acceptors (Lipinski definition) is 2. The first-order valence-electron chi connectivity index (χ1n) is 5.45. The van der Waals surface area contributed by atoms with Gasteiger partial charge in [0, 0.05) is 0 Å². The van der Waals surface area contributed by atoms with Gasteiger partial charge in [-0.05, 0) is 0 Å². The van der Waals surface area contributed by atoms with E-state index in [1.807, 2.05) is 18.7 Å². The van der Waals surface area contributed by atoms with Crippen LogP contribution in [0.3, 0.4) is 0 Å². The molecule has 0 aliphatic carbocycles. The number of halogens is 1. The van der Waals surface area contributed by atoms with Crippen molar-refractivity contribution in [1.29, 1.82) is 0 Å². The Morgan fingerprint density at radius 2 is 2.00 bits per heavy atom. The molecule has 17 heavy (non-hydrogen) atoms. The maximum absolute atomic E-state index is 5.85. The number of rotatable bonds is 5. The van der Waals surface area contributed by atoms with E-state index >= 15 is 0 Å². The van der Waals surface area contributed by atoms with Gasteiger partial charge in [-0.15, -0.1) is 0 Å². The Morgan fingerprint density at radius 1 is 1.41 bits per heavy atom. The first-order valence-corrected chi connectivity index (χ1v) is 9.00. The Labute approximate surface area is 119 Å². The molecular formula is C14H19INS-. The molecule has 0 bridgehead atoms. The molecule has 1 aromatic rings. The molecule has 0 unspecified atom stereocenters. The third-order valence-corrected chi connectivity index (χ3v) is 5.69. The average Bonchev–Trinajstić information content (AvgIpc) is 2.31. The average molecular weight is 360 g/mol. The fourth-order valence-corrected chi connectivity index (χ4v) is 4.43. The van der Waals surface area contributed by atoms with E-state index in [1.165, 1.54) is 19.6 Å². The van der Waals surface area contributed by atoms with Crippen LogP contribution in [0.15, 0.2) is 38.5 Å². The summed E-state index contributed by atoms with van der Waals surface area (Å²) in [6.07, 6.45) is 2.13. The SMILES string of the molecule is C=C[I-]/C(C)=C(\SC)c1ccc([C@H](C)N)cc1. The number of nitrogens with two attached hydrogens (primary N) is 1. The second-order valence-electron chi connectivity index (χ2n) is 3.74. The third kappa shape index (κ3) is 4.16. The van der Waals surface area contributed by atoms with Crippen molar-refractivity contribution in [3.63, 3.8) is 0 Å². The van der Waals surface area contributed by atoms with Crippen molar-refractivity contribution in [2.75, 3.05) is 6.26 Å². The quantitative estimate of drug-likeness (QED) is 0.793. The first kappa shape index (κ1) is 14.8. The normalized spacial score (nSPS) is 14.4. The van der Waals surface area contributed by atoms with Crippen molar-refractivity contribution in [3.8, 4) is 0 Å². The molecule has 0 fully saturated rings. The Hall–Kier alpha value is -0.260. The van der Waals surface area contributed by atoms with E-state index in [1.54, 1.807) is 0 Å². The van der Waals surface area contributed by atoms with Crippen LogP contribution in [0.1, 0.15) is 31.0 Å². The Morgan fingerprint density at radius 3 is 2.41 bits per heavy atom. The summed E-state index contributed by atoms with van der Waals surface area (Å²) < 4.78 is 3.53. The molecule has 0 amide bonds. The molecule has 0 saturated carbocycles. The van der Waals surface area contributed by atoms with Gasteiger partial charge in [0.2, 0.25) is 0 Å². The molecule has 0 saturated heterocycles. The van der Waals surface area contributed by atoms with Gasteiger partial charge in [0.25, 0.3) is 0 Å². The zero-order valence-electron chi connectivity index (χ0n) is 10.5. The van der Waals surface area contributed by atoms with Crippen molar-refractivity contribution >= 4 is 16.7 Å². The van der Waals surface area contributed by atoms with Gasteiger partial charge in [-0.25, -0.2) is 0 Å². The van der Waals surface area contributed by atoms with E-state index in [0.717, 1.165) is 0 Å². The van der Waals surface area contributed by atoms with E-state index in [9.17, 15) is 0 Å². The van der Waals surface area contributed by atoms with Crippen LogP contribution in [0.4, 0.5) is 0 Å². The van der Waals surface area contributed by atoms with Crippen LogP contribution in [0.2, 0.25) is 0 Å². The van der Waals surface area contributed by atoms with Crippen molar-refractivity contribution in [2.24, 2.45) is 5.73 Å². The number of benzene rings is 1. The van der Waals surface area contributed by atoms with Crippen molar-refractivity contribution in [2.45, 2.75) is 19.9 Å². The van der Waals surface area contributed by atoms with Gasteiger partial charge in [0.1, 0.15) is 0 Å². The molecule has 0 aromatic heterocycles. The van der Waals surface area contributed by atoms with Gasteiger partial charge in [-0.2, -0.15) is 0 Å². The monoisotopic (exact) mass is 360 g/mol. The molecule has 3 heteroatoms. The molecule has 1 nitrogen and oxygen atoms in total. The van der Waals surface area contributed by atoms with Crippen LogP contribution in [-0.2, 0) is 0 Å². The fourth-order valence-electron chi connectivity index (χ4n) is 1.56. The van der Waals surface area contributed by atoms with E-state index in [4.69, 9.17) is 5.73 Å². The zero-order valence-corrected chi connectivity index (χ0v) is 13.5. The summed E-state index contributed by atoms with van der Waals surface area (Å²) in [7, 11) is 0. The fraction of sp³-hybridized carbons (Fsp3) is 0.286. The molecule has 0 aliphatic rings. The number of allylic oxidation sites excluding steroid dienone is 1. The number of thioether (sulfide) groups is 1. The van der Waals surface area contributed by atoms with E-state index in [-0.39, 0.29) is 27.2 Å². The first-order chi connectivity index (χ1) is 8.10. The molecule has 2 N–H and O–H groups in total. The summed E-state index contributed by atoms with van der Waals surface area (Å²) in [4.78, 5) is 1.38. The van der Waals surface area contributed by atoms with Crippen molar-refractivity contribution in [1.82, 2.24) is 0 Å². The number of hydrogen-bond donors (Lipinski definition) is 1. The van der Waals surface area contributed by atoms with Gasteiger partial charge in [0.05, 0.1) is 0 Å². The van der Waals surface area contributed by atoms with Gasteiger partial charge < -0.3 is 0 Å². The van der Waals surface area contributed by atoms with Crippen LogP contribution in [0.5, 0.6) is 0 Å². The van der Waals surface area contributed by atoms with Gasteiger partial charge in [0.15, 0.2) is 0 Å². The van der Waals surface area contributed by atoms with Gasteiger partial charge >= 0.3 is 119 Å². The summed E-state index contributed by atoms with van der Waals surface area (Å²) in [6, 6.07) is 8.68. The Bertz CT molecular complexity index is 407. The second kappa shape index (κ2) is 7.24. The molecule has 0 spiro atoms.